The number of nitrogens with zero attached hydrogens (tertiary/aromatic N) is 1. The van der Waals surface area contributed by atoms with E-state index in [2.05, 4.69) is 16.2 Å². The Labute approximate surface area is 101 Å². The number of hydrogen-bond donors (Lipinski definition) is 1. The van der Waals surface area contributed by atoms with Gasteiger partial charge in [0.1, 0.15) is 5.75 Å². The summed E-state index contributed by atoms with van der Waals surface area (Å²) in [6, 6.07) is 1.70. The van der Waals surface area contributed by atoms with Crippen LogP contribution >= 0.6 is 0 Å². The Morgan fingerprint density at radius 1 is 1.59 bits per heavy atom. The molecule has 1 rings (SSSR count). The van der Waals surface area contributed by atoms with E-state index >= 15 is 0 Å². The van der Waals surface area contributed by atoms with Gasteiger partial charge in [0.25, 0.3) is 0 Å². The molecule has 0 bridgehead atoms. The topological polar surface area (TPSA) is 51.2 Å². The Balaban J connectivity index is 2.58. The van der Waals surface area contributed by atoms with E-state index in [1.807, 2.05) is 6.92 Å². The minimum atomic E-state index is -0.0466. The molecule has 1 aromatic rings. The summed E-state index contributed by atoms with van der Waals surface area (Å²) < 4.78 is 5.40. The van der Waals surface area contributed by atoms with E-state index in [1.54, 1.807) is 12.3 Å². The van der Waals surface area contributed by atoms with Crippen molar-refractivity contribution in [3.05, 3.63) is 24.0 Å². The van der Waals surface area contributed by atoms with Crippen LogP contribution in [0.5, 0.6) is 5.75 Å². The van der Waals surface area contributed by atoms with E-state index in [-0.39, 0.29) is 12.3 Å². The lowest BCUT2D eigenvalue weighted by atomic mass is 10.2. The highest BCUT2D eigenvalue weighted by molar-refractivity contribution is 5.97. The predicted octanol–water partition coefficient (Wildman–Crippen LogP) is 1.28. The van der Waals surface area contributed by atoms with Crippen molar-refractivity contribution in [3.63, 3.8) is 0 Å². The molecular formula is C13H16N2O2. The number of Topliss-reactive ketones (excluding diaryl/α,β-unsaturated/α-hetero) is 1. The second-order valence-electron chi connectivity index (χ2n) is 3.49. The van der Waals surface area contributed by atoms with Crippen LogP contribution in [0.15, 0.2) is 18.5 Å². The zero-order valence-electron chi connectivity index (χ0n) is 9.90. The van der Waals surface area contributed by atoms with Gasteiger partial charge in [-0.25, -0.2) is 0 Å². The molecule has 1 heterocycles. The van der Waals surface area contributed by atoms with Gasteiger partial charge in [-0.2, -0.15) is 0 Å². The predicted molar refractivity (Wildman–Crippen MR) is 66.1 cm³/mol. The molecule has 0 fully saturated rings. The third-order valence-electron chi connectivity index (χ3n) is 2.02. The number of nitrogens with one attached hydrogen (secondary N) is 1. The largest absolute Gasteiger partial charge is 0.492 e. The number of ether oxygens (including phenoxy) is 1. The van der Waals surface area contributed by atoms with Gasteiger partial charge < -0.3 is 4.74 Å². The number of rotatable bonds is 7. The van der Waals surface area contributed by atoms with Gasteiger partial charge in [-0.15, -0.1) is 6.42 Å². The number of hydrogen-bond acceptors (Lipinski definition) is 4. The van der Waals surface area contributed by atoms with Gasteiger partial charge >= 0.3 is 0 Å². The Bertz CT molecular complexity index is 410. The highest BCUT2D eigenvalue weighted by Crippen LogP contribution is 2.11. The quantitative estimate of drug-likeness (QED) is 0.437. The van der Waals surface area contributed by atoms with Gasteiger partial charge in [-0.3, -0.25) is 15.1 Å². The highest BCUT2D eigenvalue weighted by Gasteiger charge is 2.06. The minimum absolute atomic E-state index is 0.0466. The van der Waals surface area contributed by atoms with Crippen LogP contribution in [0.4, 0.5) is 0 Å². The number of terminal acetylenes is 1. The van der Waals surface area contributed by atoms with Crippen molar-refractivity contribution in [3.8, 4) is 18.1 Å². The van der Waals surface area contributed by atoms with Crippen molar-refractivity contribution in [2.45, 2.75) is 13.3 Å². The first-order chi connectivity index (χ1) is 8.27. The van der Waals surface area contributed by atoms with E-state index in [9.17, 15) is 4.79 Å². The van der Waals surface area contributed by atoms with E-state index in [1.165, 1.54) is 6.20 Å². The molecule has 0 aliphatic carbocycles. The average molecular weight is 232 g/mol. The molecule has 0 spiro atoms. The zero-order chi connectivity index (χ0) is 12.5. The molecule has 0 saturated carbocycles. The lowest BCUT2D eigenvalue weighted by Gasteiger charge is -2.05. The van der Waals surface area contributed by atoms with Crippen LogP contribution in [-0.4, -0.2) is 30.5 Å². The standard InChI is InChI=1S/C13H16N2O2/c1-3-5-14-10-13(16)11-7-12(9-15-8-11)17-6-4-2/h1,7-9,14H,4-6,10H2,2H3. The summed E-state index contributed by atoms with van der Waals surface area (Å²) in [7, 11) is 0. The Kier molecular flexibility index (Phi) is 5.76. The average Bonchev–Trinajstić information content (AvgIpc) is 2.37. The fraction of sp³-hybridized carbons (Fsp3) is 0.385. The molecule has 0 radical (unpaired) electrons. The molecule has 0 atom stereocenters. The van der Waals surface area contributed by atoms with Gasteiger partial charge in [0.2, 0.25) is 0 Å². The SMILES string of the molecule is C#CCNCC(=O)c1cncc(OCCC)c1. The summed E-state index contributed by atoms with van der Waals surface area (Å²) in [5.41, 5.74) is 0.531. The number of ketones is 1. The Morgan fingerprint density at radius 2 is 2.41 bits per heavy atom. The van der Waals surface area contributed by atoms with Crippen LogP contribution in [0.2, 0.25) is 0 Å². The summed E-state index contributed by atoms with van der Waals surface area (Å²) >= 11 is 0. The summed E-state index contributed by atoms with van der Waals surface area (Å²) in [4.78, 5) is 15.7. The molecule has 0 aromatic carbocycles. The Hall–Kier alpha value is -1.86. The van der Waals surface area contributed by atoms with Crippen LogP contribution in [0.3, 0.4) is 0 Å². The maximum Gasteiger partial charge on any atom is 0.178 e. The van der Waals surface area contributed by atoms with Gasteiger partial charge in [0.05, 0.1) is 25.9 Å². The second-order valence-corrected chi connectivity index (χ2v) is 3.49. The van der Waals surface area contributed by atoms with Crippen molar-refractivity contribution in [2.24, 2.45) is 0 Å². The zero-order valence-corrected chi connectivity index (χ0v) is 9.90. The minimum Gasteiger partial charge on any atom is -0.492 e. The molecule has 4 heteroatoms. The molecule has 0 saturated heterocycles. The van der Waals surface area contributed by atoms with Crippen LogP contribution in [0, 0.1) is 12.3 Å². The monoisotopic (exact) mass is 232 g/mol. The van der Waals surface area contributed by atoms with Crippen molar-refractivity contribution < 1.29 is 9.53 Å². The van der Waals surface area contributed by atoms with Crippen molar-refractivity contribution >= 4 is 5.78 Å². The third kappa shape index (κ3) is 4.66. The van der Waals surface area contributed by atoms with E-state index in [0.717, 1.165) is 6.42 Å². The van der Waals surface area contributed by atoms with Crippen molar-refractivity contribution in [1.29, 1.82) is 0 Å². The fourth-order valence-electron chi connectivity index (χ4n) is 1.22. The van der Waals surface area contributed by atoms with Crippen molar-refractivity contribution in [2.75, 3.05) is 19.7 Å². The van der Waals surface area contributed by atoms with Gasteiger partial charge in [-0.1, -0.05) is 12.8 Å². The molecule has 4 nitrogen and oxygen atoms in total. The molecule has 1 aromatic heterocycles. The summed E-state index contributed by atoms with van der Waals surface area (Å²) in [5, 5.41) is 2.84. The van der Waals surface area contributed by atoms with Crippen molar-refractivity contribution in [1.82, 2.24) is 10.3 Å². The Morgan fingerprint density at radius 3 is 3.12 bits per heavy atom. The number of carbonyl (C=O) groups excluding carboxylic acids is 1. The second kappa shape index (κ2) is 7.42. The first-order valence-electron chi connectivity index (χ1n) is 5.53. The molecule has 17 heavy (non-hydrogen) atoms. The maximum absolute atomic E-state index is 11.7. The lowest BCUT2D eigenvalue weighted by Crippen LogP contribution is -2.23. The molecular weight excluding hydrogens is 216 g/mol. The molecule has 0 unspecified atom stereocenters. The van der Waals surface area contributed by atoms with E-state index in [4.69, 9.17) is 11.2 Å². The summed E-state index contributed by atoms with van der Waals surface area (Å²) in [6.45, 7) is 3.23. The maximum atomic E-state index is 11.7. The number of pyridine rings is 1. The van der Waals surface area contributed by atoms with Crippen LogP contribution in [-0.2, 0) is 0 Å². The molecule has 90 valence electrons. The first-order valence-corrected chi connectivity index (χ1v) is 5.53. The fourth-order valence-corrected chi connectivity index (χ4v) is 1.22. The van der Waals surface area contributed by atoms with Crippen LogP contribution < -0.4 is 10.1 Å². The number of aromatic nitrogens is 1. The third-order valence-corrected chi connectivity index (χ3v) is 2.02. The van der Waals surface area contributed by atoms with Crippen LogP contribution in [0.1, 0.15) is 23.7 Å². The molecule has 0 aliphatic heterocycles. The van der Waals surface area contributed by atoms with Gasteiger partial charge in [0.15, 0.2) is 5.78 Å². The first kappa shape index (κ1) is 13.2. The smallest absolute Gasteiger partial charge is 0.178 e. The summed E-state index contributed by atoms with van der Waals surface area (Å²) in [6.07, 6.45) is 9.12. The lowest BCUT2D eigenvalue weighted by molar-refractivity contribution is 0.0991. The van der Waals surface area contributed by atoms with E-state index in [0.29, 0.717) is 24.5 Å². The normalized spacial score (nSPS) is 9.65. The van der Waals surface area contributed by atoms with Gasteiger partial charge in [-0.05, 0) is 12.5 Å². The molecule has 1 N–H and O–H groups in total. The molecule has 0 amide bonds. The van der Waals surface area contributed by atoms with E-state index < -0.39 is 0 Å². The molecule has 0 aliphatic rings. The van der Waals surface area contributed by atoms with Crippen LogP contribution in [0.25, 0.3) is 0 Å². The summed E-state index contributed by atoms with van der Waals surface area (Å²) in [5.74, 6) is 2.98. The van der Waals surface area contributed by atoms with Gasteiger partial charge in [0, 0.05) is 11.8 Å². The highest BCUT2D eigenvalue weighted by atomic mass is 16.5. The number of carbonyl (C=O) groups is 1.